The van der Waals surface area contributed by atoms with Gasteiger partial charge in [0, 0.05) is 32.8 Å². The van der Waals surface area contributed by atoms with Crippen molar-refractivity contribution in [2.24, 2.45) is 5.92 Å². The van der Waals surface area contributed by atoms with Crippen molar-refractivity contribution in [1.29, 1.82) is 0 Å². The van der Waals surface area contributed by atoms with Crippen LogP contribution in [0.25, 0.3) is 0 Å². The van der Waals surface area contributed by atoms with Gasteiger partial charge in [0.05, 0.1) is 24.8 Å². The number of ether oxygens (including phenoxy) is 1. The first kappa shape index (κ1) is 13.5. The molecule has 2 heterocycles. The summed E-state index contributed by atoms with van der Waals surface area (Å²) >= 11 is 0. The van der Waals surface area contributed by atoms with Crippen molar-refractivity contribution < 1.29 is 14.3 Å². The first-order chi connectivity index (χ1) is 9.20. The Balaban J connectivity index is 1.79. The fourth-order valence-corrected chi connectivity index (χ4v) is 2.08. The number of amides is 2. The average molecular weight is 266 g/mol. The summed E-state index contributed by atoms with van der Waals surface area (Å²) in [5.74, 6) is -0.353. The molecule has 1 aliphatic heterocycles. The number of aromatic nitrogens is 2. The van der Waals surface area contributed by atoms with Crippen molar-refractivity contribution in [2.45, 2.75) is 13.0 Å². The summed E-state index contributed by atoms with van der Waals surface area (Å²) in [6, 6.07) is 1.80. The SMILES string of the molecule is COCCN1CC(C(=O)NCc2ccn[nH]2)CC1=O. The lowest BCUT2D eigenvalue weighted by molar-refractivity contribution is -0.129. The summed E-state index contributed by atoms with van der Waals surface area (Å²) in [5.41, 5.74) is 0.842. The lowest BCUT2D eigenvalue weighted by atomic mass is 10.1. The zero-order valence-corrected chi connectivity index (χ0v) is 10.9. The molecule has 7 heteroatoms. The van der Waals surface area contributed by atoms with Crippen molar-refractivity contribution in [3.05, 3.63) is 18.0 Å². The highest BCUT2D eigenvalue weighted by molar-refractivity contribution is 5.89. The molecule has 1 aliphatic rings. The first-order valence-electron chi connectivity index (χ1n) is 6.23. The number of methoxy groups -OCH3 is 1. The number of carbonyl (C=O) groups is 2. The van der Waals surface area contributed by atoms with E-state index in [1.807, 2.05) is 0 Å². The van der Waals surface area contributed by atoms with E-state index in [-0.39, 0.29) is 24.2 Å². The average Bonchev–Trinajstić information content (AvgIpc) is 3.03. The van der Waals surface area contributed by atoms with Crippen LogP contribution < -0.4 is 5.32 Å². The number of carbonyl (C=O) groups excluding carboxylic acids is 2. The molecule has 0 radical (unpaired) electrons. The lowest BCUT2D eigenvalue weighted by Crippen LogP contribution is -2.33. The summed E-state index contributed by atoms with van der Waals surface area (Å²) in [6.07, 6.45) is 1.91. The van der Waals surface area contributed by atoms with Crippen LogP contribution in [-0.4, -0.2) is 53.7 Å². The fraction of sp³-hybridized carbons (Fsp3) is 0.583. The summed E-state index contributed by atoms with van der Waals surface area (Å²) in [6.45, 7) is 1.91. The molecular weight excluding hydrogens is 248 g/mol. The summed E-state index contributed by atoms with van der Waals surface area (Å²) in [7, 11) is 1.59. The van der Waals surface area contributed by atoms with Gasteiger partial charge in [0.1, 0.15) is 0 Å². The number of hydrogen-bond acceptors (Lipinski definition) is 4. The molecule has 0 aliphatic carbocycles. The normalized spacial score (nSPS) is 18.9. The van der Waals surface area contributed by atoms with Crippen LogP contribution in [0.5, 0.6) is 0 Å². The minimum Gasteiger partial charge on any atom is -0.383 e. The molecule has 104 valence electrons. The number of likely N-dealkylation sites (tertiary alicyclic amines) is 1. The maximum Gasteiger partial charge on any atom is 0.225 e. The number of hydrogen-bond donors (Lipinski definition) is 2. The molecule has 19 heavy (non-hydrogen) atoms. The predicted molar refractivity (Wildman–Crippen MR) is 67.0 cm³/mol. The van der Waals surface area contributed by atoms with E-state index < -0.39 is 0 Å². The Bertz CT molecular complexity index is 432. The van der Waals surface area contributed by atoms with Gasteiger partial charge < -0.3 is 15.0 Å². The van der Waals surface area contributed by atoms with Crippen molar-refractivity contribution in [1.82, 2.24) is 20.4 Å². The highest BCUT2D eigenvalue weighted by Crippen LogP contribution is 2.17. The van der Waals surface area contributed by atoms with Gasteiger partial charge in [-0.15, -0.1) is 0 Å². The predicted octanol–water partition coefficient (Wildman–Crippen LogP) is -0.479. The third-order valence-corrected chi connectivity index (χ3v) is 3.16. The zero-order chi connectivity index (χ0) is 13.7. The summed E-state index contributed by atoms with van der Waals surface area (Å²) in [5, 5.41) is 9.38. The quantitative estimate of drug-likeness (QED) is 0.728. The standard InChI is InChI=1S/C12H18N4O3/c1-19-5-4-16-8-9(6-11(16)17)12(18)13-7-10-2-3-14-15-10/h2-3,9H,4-8H2,1H3,(H,13,18)(H,14,15). The zero-order valence-electron chi connectivity index (χ0n) is 10.9. The minimum atomic E-state index is -0.271. The topological polar surface area (TPSA) is 87.3 Å². The minimum absolute atomic E-state index is 0.0127. The third kappa shape index (κ3) is 3.54. The second kappa shape index (κ2) is 6.33. The fourth-order valence-electron chi connectivity index (χ4n) is 2.08. The van der Waals surface area contributed by atoms with E-state index >= 15 is 0 Å². The second-order valence-corrected chi connectivity index (χ2v) is 4.53. The van der Waals surface area contributed by atoms with Gasteiger partial charge in [0.15, 0.2) is 0 Å². The highest BCUT2D eigenvalue weighted by Gasteiger charge is 2.33. The van der Waals surface area contributed by atoms with Crippen LogP contribution in [0.4, 0.5) is 0 Å². The van der Waals surface area contributed by atoms with Crippen LogP contribution in [0.2, 0.25) is 0 Å². The van der Waals surface area contributed by atoms with Gasteiger partial charge in [-0.2, -0.15) is 5.10 Å². The van der Waals surface area contributed by atoms with Gasteiger partial charge >= 0.3 is 0 Å². The van der Waals surface area contributed by atoms with Gasteiger partial charge in [-0.3, -0.25) is 14.7 Å². The maximum atomic E-state index is 11.9. The van der Waals surface area contributed by atoms with Crippen LogP contribution >= 0.6 is 0 Å². The number of H-pyrrole nitrogens is 1. The maximum absolute atomic E-state index is 11.9. The van der Waals surface area contributed by atoms with Gasteiger partial charge in [-0.1, -0.05) is 0 Å². The highest BCUT2D eigenvalue weighted by atomic mass is 16.5. The van der Waals surface area contributed by atoms with Gasteiger partial charge in [0.25, 0.3) is 0 Å². The Morgan fingerprint density at radius 1 is 1.68 bits per heavy atom. The van der Waals surface area contributed by atoms with E-state index in [9.17, 15) is 9.59 Å². The molecule has 2 rings (SSSR count). The molecule has 2 amide bonds. The van der Waals surface area contributed by atoms with Crippen LogP contribution in [0.1, 0.15) is 12.1 Å². The molecule has 7 nitrogen and oxygen atoms in total. The van der Waals surface area contributed by atoms with E-state index in [1.165, 1.54) is 0 Å². The number of aromatic amines is 1. The number of nitrogens with one attached hydrogen (secondary N) is 2. The molecule has 0 spiro atoms. The van der Waals surface area contributed by atoms with Crippen molar-refractivity contribution in [2.75, 3.05) is 26.8 Å². The Morgan fingerprint density at radius 2 is 2.53 bits per heavy atom. The van der Waals surface area contributed by atoms with Crippen molar-refractivity contribution in [3.63, 3.8) is 0 Å². The second-order valence-electron chi connectivity index (χ2n) is 4.53. The molecule has 1 fully saturated rings. The van der Waals surface area contributed by atoms with E-state index in [4.69, 9.17) is 4.74 Å². The number of nitrogens with zero attached hydrogens (tertiary/aromatic N) is 2. The lowest BCUT2D eigenvalue weighted by Gasteiger charge is -2.15. The van der Waals surface area contributed by atoms with E-state index in [2.05, 4.69) is 15.5 Å². The monoisotopic (exact) mass is 266 g/mol. The molecule has 1 atom stereocenters. The van der Waals surface area contributed by atoms with E-state index in [1.54, 1.807) is 24.3 Å². The molecule has 1 unspecified atom stereocenters. The van der Waals surface area contributed by atoms with Gasteiger partial charge in [-0.05, 0) is 6.07 Å². The van der Waals surface area contributed by atoms with Crippen LogP contribution in [0.3, 0.4) is 0 Å². The molecule has 0 saturated carbocycles. The smallest absolute Gasteiger partial charge is 0.225 e. The summed E-state index contributed by atoms with van der Waals surface area (Å²) < 4.78 is 4.94. The Morgan fingerprint density at radius 3 is 3.21 bits per heavy atom. The van der Waals surface area contributed by atoms with Crippen LogP contribution in [0, 0.1) is 5.92 Å². The third-order valence-electron chi connectivity index (χ3n) is 3.16. The van der Waals surface area contributed by atoms with E-state index in [0.717, 1.165) is 5.69 Å². The Hall–Kier alpha value is -1.89. The van der Waals surface area contributed by atoms with Gasteiger partial charge in [-0.25, -0.2) is 0 Å². The molecular formula is C12H18N4O3. The Labute approximate surface area is 111 Å². The molecule has 1 aromatic heterocycles. The first-order valence-corrected chi connectivity index (χ1v) is 6.23. The van der Waals surface area contributed by atoms with E-state index in [0.29, 0.717) is 26.2 Å². The molecule has 1 saturated heterocycles. The van der Waals surface area contributed by atoms with Crippen LogP contribution in [-0.2, 0) is 20.9 Å². The van der Waals surface area contributed by atoms with Crippen molar-refractivity contribution in [3.8, 4) is 0 Å². The largest absolute Gasteiger partial charge is 0.383 e. The molecule has 1 aromatic rings. The molecule has 2 N–H and O–H groups in total. The van der Waals surface area contributed by atoms with Crippen molar-refractivity contribution >= 4 is 11.8 Å². The Kier molecular flexibility index (Phi) is 4.51. The molecule has 0 aromatic carbocycles. The molecule has 0 bridgehead atoms. The summed E-state index contributed by atoms with van der Waals surface area (Å²) in [4.78, 5) is 25.3. The van der Waals surface area contributed by atoms with Gasteiger partial charge in [0.2, 0.25) is 11.8 Å². The van der Waals surface area contributed by atoms with Crippen LogP contribution in [0.15, 0.2) is 12.3 Å². The number of rotatable bonds is 6.